The van der Waals surface area contributed by atoms with Crippen molar-refractivity contribution in [2.24, 2.45) is 0 Å². The predicted octanol–water partition coefficient (Wildman–Crippen LogP) is 4.51. The number of fused-ring (bicyclic) bond motifs is 1. The van der Waals surface area contributed by atoms with E-state index in [1.54, 1.807) is 24.3 Å². The Bertz CT molecular complexity index is 1160. The molecule has 0 atom stereocenters. The second kappa shape index (κ2) is 7.66. The molecule has 0 bridgehead atoms. The van der Waals surface area contributed by atoms with Gasteiger partial charge in [0, 0.05) is 33.6 Å². The third-order valence-corrected chi connectivity index (χ3v) is 4.98. The van der Waals surface area contributed by atoms with Crippen LogP contribution >= 0.6 is 11.3 Å². The van der Waals surface area contributed by atoms with E-state index in [9.17, 15) is 9.59 Å². The maximum absolute atomic E-state index is 12.2. The number of aromatic nitrogens is 2. The minimum absolute atomic E-state index is 0.0532. The number of Topliss-reactive ketones (excluding diaryl/α,β-unsaturated/α-hetero) is 1. The zero-order chi connectivity index (χ0) is 19.5. The van der Waals surface area contributed by atoms with E-state index in [2.05, 4.69) is 15.3 Å². The van der Waals surface area contributed by atoms with Crippen LogP contribution in [0.15, 0.2) is 60.1 Å². The molecule has 7 heteroatoms. The largest absolute Gasteiger partial charge is 0.484 e. The number of benzene rings is 2. The van der Waals surface area contributed by atoms with Gasteiger partial charge in [-0.3, -0.25) is 14.9 Å². The number of carbonyl (C=O) groups is 2. The molecule has 0 saturated heterocycles. The van der Waals surface area contributed by atoms with Crippen molar-refractivity contribution in [3.05, 3.63) is 65.7 Å². The van der Waals surface area contributed by atoms with Gasteiger partial charge >= 0.3 is 0 Å². The average Bonchev–Trinajstić information content (AvgIpc) is 3.33. The van der Waals surface area contributed by atoms with Gasteiger partial charge in [-0.2, -0.15) is 0 Å². The first-order valence-electron chi connectivity index (χ1n) is 8.66. The Hall–Kier alpha value is -3.45. The number of hydrogen-bond donors (Lipinski definition) is 2. The van der Waals surface area contributed by atoms with Crippen LogP contribution in [0.25, 0.3) is 22.2 Å². The van der Waals surface area contributed by atoms with Gasteiger partial charge in [-0.25, -0.2) is 4.98 Å². The Morgan fingerprint density at radius 2 is 2.04 bits per heavy atom. The van der Waals surface area contributed by atoms with Crippen LogP contribution in [0.5, 0.6) is 5.75 Å². The SMILES string of the molecule is CC(=O)c1cccc(OCC(=O)Nc2nc(-c3c[nH]c4ccccc34)cs2)c1. The maximum atomic E-state index is 12.2. The second-order valence-corrected chi connectivity index (χ2v) is 7.06. The molecule has 0 aliphatic heterocycles. The summed E-state index contributed by atoms with van der Waals surface area (Å²) in [7, 11) is 0. The van der Waals surface area contributed by atoms with Crippen molar-refractivity contribution in [2.75, 3.05) is 11.9 Å². The van der Waals surface area contributed by atoms with Crippen LogP contribution in [0, 0.1) is 0 Å². The van der Waals surface area contributed by atoms with Gasteiger partial charge in [0.2, 0.25) is 0 Å². The second-order valence-electron chi connectivity index (χ2n) is 6.21. The Morgan fingerprint density at radius 1 is 1.18 bits per heavy atom. The third-order valence-electron chi connectivity index (χ3n) is 4.23. The molecule has 140 valence electrons. The standard InChI is InChI=1S/C21H17N3O3S/c1-13(25)14-5-4-6-15(9-14)27-11-20(26)24-21-23-19(12-28-21)17-10-22-18-8-3-2-7-16(17)18/h2-10,12,22H,11H2,1H3,(H,23,24,26). The maximum Gasteiger partial charge on any atom is 0.264 e. The first kappa shape index (κ1) is 17.9. The van der Waals surface area contributed by atoms with Crippen molar-refractivity contribution >= 4 is 39.1 Å². The summed E-state index contributed by atoms with van der Waals surface area (Å²) in [5.41, 5.74) is 3.37. The summed E-state index contributed by atoms with van der Waals surface area (Å²) >= 11 is 1.36. The number of thiazole rings is 1. The molecular formula is C21H17N3O3S. The molecule has 2 aromatic heterocycles. The molecule has 0 fully saturated rings. The number of H-pyrrole nitrogens is 1. The lowest BCUT2D eigenvalue weighted by Gasteiger charge is -2.06. The van der Waals surface area contributed by atoms with Crippen LogP contribution < -0.4 is 10.1 Å². The van der Waals surface area contributed by atoms with E-state index in [1.165, 1.54) is 18.3 Å². The van der Waals surface area contributed by atoms with E-state index in [1.807, 2.05) is 35.8 Å². The van der Waals surface area contributed by atoms with Crippen molar-refractivity contribution in [3.8, 4) is 17.0 Å². The van der Waals surface area contributed by atoms with E-state index >= 15 is 0 Å². The number of nitrogens with zero attached hydrogens (tertiary/aromatic N) is 1. The number of ketones is 1. The van der Waals surface area contributed by atoms with Crippen molar-refractivity contribution in [2.45, 2.75) is 6.92 Å². The molecule has 0 aliphatic carbocycles. The fraction of sp³-hybridized carbons (Fsp3) is 0.0952. The summed E-state index contributed by atoms with van der Waals surface area (Å²) < 4.78 is 5.48. The number of amides is 1. The van der Waals surface area contributed by atoms with Crippen LogP contribution in [0.2, 0.25) is 0 Å². The lowest BCUT2D eigenvalue weighted by Crippen LogP contribution is -2.20. The quantitative estimate of drug-likeness (QED) is 0.474. The number of carbonyl (C=O) groups excluding carboxylic acids is 2. The van der Waals surface area contributed by atoms with Gasteiger partial charge in [-0.1, -0.05) is 30.3 Å². The topological polar surface area (TPSA) is 84.1 Å². The lowest BCUT2D eigenvalue weighted by molar-refractivity contribution is -0.118. The van der Waals surface area contributed by atoms with Gasteiger partial charge in [0.25, 0.3) is 5.91 Å². The summed E-state index contributed by atoms with van der Waals surface area (Å²) in [6.07, 6.45) is 1.91. The number of aromatic amines is 1. The molecule has 4 aromatic rings. The van der Waals surface area contributed by atoms with Crippen molar-refractivity contribution < 1.29 is 14.3 Å². The van der Waals surface area contributed by atoms with Crippen molar-refractivity contribution in [3.63, 3.8) is 0 Å². The highest BCUT2D eigenvalue weighted by atomic mass is 32.1. The Kier molecular flexibility index (Phi) is 4.90. The molecular weight excluding hydrogens is 374 g/mol. The zero-order valence-electron chi connectivity index (χ0n) is 15.1. The van der Waals surface area contributed by atoms with Crippen LogP contribution in [0.4, 0.5) is 5.13 Å². The molecule has 2 heterocycles. The molecule has 0 saturated carbocycles. The van der Waals surface area contributed by atoms with Gasteiger partial charge in [0.1, 0.15) is 5.75 Å². The monoisotopic (exact) mass is 391 g/mol. The average molecular weight is 391 g/mol. The van der Waals surface area contributed by atoms with E-state index in [0.29, 0.717) is 16.4 Å². The summed E-state index contributed by atoms with van der Waals surface area (Å²) in [6, 6.07) is 14.7. The summed E-state index contributed by atoms with van der Waals surface area (Å²) in [5.74, 6) is 0.108. The van der Waals surface area contributed by atoms with E-state index in [0.717, 1.165) is 22.2 Å². The molecule has 2 N–H and O–H groups in total. The Morgan fingerprint density at radius 3 is 2.89 bits per heavy atom. The number of hydrogen-bond acceptors (Lipinski definition) is 5. The first-order valence-corrected chi connectivity index (χ1v) is 9.54. The number of rotatable bonds is 6. The highest BCUT2D eigenvalue weighted by Gasteiger charge is 2.12. The number of para-hydroxylation sites is 1. The van der Waals surface area contributed by atoms with Crippen LogP contribution in [0.1, 0.15) is 17.3 Å². The van der Waals surface area contributed by atoms with Gasteiger partial charge < -0.3 is 9.72 Å². The number of nitrogens with one attached hydrogen (secondary N) is 2. The molecule has 0 spiro atoms. The Balaban J connectivity index is 1.40. The van der Waals surface area contributed by atoms with Gasteiger partial charge in [-0.15, -0.1) is 11.3 Å². The normalized spacial score (nSPS) is 10.8. The fourth-order valence-electron chi connectivity index (χ4n) is 2.85. The highest BCUT2D eigenvalue weighted by Crippen LogP contribution is 2.30. The van der Waals surface area contributed by atoms with Crippen molar-refractivity contribution in [1.82, 2.24) is 9.97 Å². The summed E-state index contributed by atoms with van der Waals surface area (Å²) in [6.45, 7) is 1.32. The van der Waals surface area contributed by atoms with Crippen LogP contribution in [-0.4, -0.2) is 28.3 Å². The minimum atomic E-state index is -0.312. The smallest absolute Gasteiger partial charge is 0.264 e. The summed E-state index contributed by atoms with van der Waals surface area (Å²) in [5, 5.41) is 6.24. The number of ether oxygens (including phenoxy) is 1. The van der Waals surface area contributed by atoms with Gasteiger partial charge in [-0.05, 0) is 25.1 Å². The fourth-order valence-corrected chi connectivity index (χ4v) is 3.57. The highest BCUT2D eigenvalue weighted by molar-refractivity contribution is 7.14. The molecule has 0 unspecified atom stereocenters. The molecule has 2 aromatic carbocycles. The lowest BCUT2D eigenvalue weighted by atomic mass is 10.1. The first-order chi connectivity index (χ1) is 13.6. The van der Waals surface area contributed by atoms with Crippen molar-refractivity contribution in [1.29, 1.82) is 0 Å². The van der Waals surface area contributed by atoms with Gasteiger partial charge in [0.05, 0.1) is 5.69 Å². The van der Waals surface area contributed by atoms with Crippen LogP contribution in [0.3, 0.4) is 0 Å². The molecule has 1 amide bonds. The minimum Gasteiger partial charge on any atom is -0.484 e. The molecule has 28 heavy (non-hydrogen) atoms. The Labute approximate surface area is 165 Å². The number of anilines is 1. The van der Waals surface area contributed by atoms with E-state index in [-0.39, 0.29) is 18.3 Å². The third kappa shape index (κ3) is 3.79. The predicted molar refractivity (Wildman–Crippen MR) is 110 cm³/mol. The molecule has 6 nitrogen and oxygen atoms in total. The van der Waals surface area contributed by atoms with E-state index in [4.69, 9.17) is 4.74 Å². The van der Waals surface area contributed by atoms with Crippen LogP contribution in [-0.2, 0) is 4.79 Å². The van der Waals surface area contributed by atoms with E-state index < -0.39 is 0 Å². The van der Waals surface area contributed by atoms with Gasteiger partial charge in [0.15, 0.2) is 17.5 Å². The molecule has 0 radical (unpaired) electrons. The zero-order valence-corrected chi connectivity index (χ0v) is 15.9. The molecule has 4 rings (SSSR count). The summed E-state index contributed by atoms with van der Waals surface area (Å²) in [4.78, 5) is 31.3. The molecule has 0 aliphatic rings.